The second kappa shape index (κ2) is 4.05. The third-order valence-electron chi connectivity index (χ3n) is 1.28. The summed E-state index contributed by atoms with van der Waals surface area (Å²) in [6, 6.07) is 4.31. The molecule has 14 heavy (non-hydrogen) atoms. The number of pyridine rings is 1. The lowest BCUT2D eigenvalue weighted by molar-refractivity contribution is -0.112. The van der Waals surface area contributed by atoms with Gasteiger partial charge in [0.2, 0.25) is 0 Å². The van der Waals surface area contributed by atoms with Crippen molar-refractivity contribution in [2.24, 2.45) is 5.73 Å². The molecule has 0 radical (unpaired) electrons. The lowest BCUT2D eigenvalue weighted by Crippen LogP contribution is -2.06. The van der Waals surface area contributed by atoms with Gasteiger partial charge in [-0.25, -0.2) is 9.78 Å². The summed E-state index contributed by atoms with van der Waals surface area (Å²) in [4.78, 5) is 24.4. The van der Waals surface area contributed by atoms with Crippen LogP contribution in [-0.4, -0.2) is 22.0 Å². The number of hydrogen-bond acceptors (Lipinski definition) is 3. The molecule has 0 atom stereocenters. The first-order valence-corrected chi connectivity index (χ1v) is 3.61. The molecule has 1 aromatic heterocycles. The minimum absolute atomic E-state index is 0.124. The van der Waals surface area contributed by atoms with Crippen molar-refractivity contribution >= 4 is 11.9 Å². The van der Waals surface area contributed by atoms with E-state index in [-0.39, 0.29) is 11.4 Å². The van der Waals surface area contributed by atoms with Crippen molar-refractivity contribution in [3.8, 4) is 11.8 Å². The van der Waals surface area contributed by atoms with Crippen molar-refractivity contribution in [1.82, 2.24) is 4.98 Å². The van der Waals surface area contributed by atoms with Gasteiger partial charge in [0.15, 0.2) is 0 Å². The van der Waals surface area contributed by atoms with Gasteiger partial charge < -0.3 is 10.8 Å². The Labute approximate surface area is 79.6 Å². The molecule has 0 aliphatic heterocycles. The van der Waals surface area contributed by atoms with Crippen LogP contribution in [0.15, 0.2) is 18.2 Å². The number of nitrogens with two attached hydrogens (primary N) is 1. The molecule has 1 aromatic rings. The summed E-state index contributed by atoms with van der Waals surface area (Å²) in [5.41, 5.74) is 4.86. The molecule has 0 unspecified atom stereocenters. The highest BCUT2D eigenvalue weighted by molar-refractivity contribution is 5.92. The number of carboxylic acids is 1. The summed E-state index contributed by atoms with van der Waals surface area (Å²) in [6.07, 6.45) is 0. The second-order valence-corrected chi connectivity index (χ2v) is 2.33. The van der Waals surface area contributed by atoms with Gasteiger partial charge in [-0.05, 0) is 18.1 Å². The molecule has 0 aliphatic rings. The first kappa shape index (κ1) is 9.74. The van der Waals surface area contributed by atoms with E-state index in [1.54, 1.807) is 0 Å². The fraction of sp³-hybridized carbons (Fsp3) is 0. The summed E-state index contributed by atoms with van der Waals surface area (Å²) >= 11 is 0. The van der Waals surface area contributed by atoms with Gasteiger partial charge in [0.05, 0.1) is 0 Å². The number of primary amides is 1. The third kappa shape index (κ3) is 2.60. The number of nitrogens with zero attached hydrogens (tertiary/aromatic N) is 1. The largest absolute Gasteiger partial charge is 0.477 e. The van der Waals surface area contributed by atoms with Crippen LogP contribution in [0.1, 0.15) is 16.2 Å². The lowest BCUT2D eigenvalue weighted by atomic mass is 10.3. The summed E-state index contributed by atoms with van der Waals surface area (Å²) < 4.78 is 0. The summed E-state index contributed by atoms with van der Waals surface area (Å²) in [5, 5.41) is 8.58. The molecule has 5 heteroatoms. The Morgan fingerprint density at radius 1 is 1.43 bits per heavy atom. The van der Waals surface area contributed by atoms with Crippen molar-refractivity contribution in [2.75, 3.05) is 0 Å². The van der Waals surface area contributed by atoms with Gasteiger partial charge in [0.25, 0.3) is 5.91 Å². The highest BCUT2D eigenvalue weighted by atomic mass is 16.4. The summed E-state index contributed by atoms with van der Waals surface area (Å²) in [6.45, 7) is 0. The molecule has 5 nitrogen and oxygen atoms in total. The number of hydrogen-bond donors (Lipinski definition) is 2. The molecule has 3 N–H and O–H groups in total. The van der Waals surface area contributed by atoms with E-state index in [0.29, 0.717) is 0 Å². The molecule has 1 rings (SSSR count). The molecule has 0 fully saturated rings. The van der Waals surface area contributed by atoms with Crippen LogP contribution in [0.5, 0.6) is 0 Å². The van der Waals surface area contributed by atoms with E-state index in [4.69, 9.17) is 10.8 Å². The SMILES string of the molecule is NC(=O)C#Cc1cccc(C(=O)O)n1. The second-order valence-electron chi connectivity index (χ2n) is 2.33. The summed E-state index contributed by atoms with van der Waals surface area (Å²) in [7, 11) is 0. The minimum Gasteiger partial charge on any atom is -0.477 e. The predicted molar refractivity (Wildman–Crippen MR) is 47.3 cm³/mol. The molecule has 0 saturated heterocycles. The molecular weight excluding hydrogens is 184 g/mol. The quantitative estimate of drug-likeness (QED) is 0.590. The lowest BCUT2D eigenvalue weighted by Gasteiger charge is -1.92. The zero-order chi connectivity index (χ0) is 10.6. The number of aromatic carboxylic acids is 1. The van der Waals surface area contributed by atoms with Crippen LogP contribution in [0.25, 0.3) is 0 Å². The van der Waals surface area contributed by atoms with Crippen molar-refractivity contribution in [3.05, 3.63) is 29.6 Å². The van der Waals surface area contributed by atoms with Gasteiger partial charge in [-0.15, -0.1) is 0 Å². The number of aromatic nitrogens is 1. The van der Waals surface area contributed by atoms with E-state index in [2.05, 4.69) is 16.8 Å². The Hall–Kier alpha value is -2.35. The van der Waals surface area contributed by atoms with E-state index in [9.17, 15) is 9.59 Å². The van der Waals surface area contributed by atoms with E-state index in [1.807, 2.05) is 0 Å². The average Bonchev–Trinajstić information content (AvgIpc) is 2.15. The van der Waals surface area contributed by atoms with Crippen LogP contribution in [0.4, 0.5) is 0 Å². The van der Waals surface area contributed by atoms with E-state index < -0.39 is 11.9 Å². The number of carboxylic acid groups (broad SMARTS) is 1. The van der Waals surface area contributed by atoms with E-state index in [1.165, 1.54) is 18.2 Å². The fourth-order valence-electron chi connectivity index (χ4n) is 0.749. The number of carbonyl (C=O) groups excluding carboxylic acids is 1. The summed E-state index contributed by atoms with van der Waals surface area (Å²) in [5.74, 6) is 2.47. The Morgan fingerprint density at radius 2 is 2.14 bits per heavy atom. The Kier molecular flexibility index (Phi) is 2.82. The van der Waals surface area contributed by atoms with Crippen molar-refractivity contribution in [1.29, 1.82) is 0 Å². The number of carbonyl (C=O) groups is 2. The van der Waals surface area contributed by atoms with Gasteiger partial charge in [0.1, 0.15) is 11.4 Å². The highest BCUT2D eigenvalue weighted by Gasteiger charge is 2.03. The minimum atomic E-state index is -1.15. The van der Waals surface area contributed by atoms with Crippen LogP contribution in [-0.2, 0) is 4.79 Å². The maximum absolute atomic E-state index is 10.5. The first-order valence-electron chi connectivity index (χ1n) is 3.61. The normalized spacial score (nSPS) is 8.57. The van der Waals surface area contributed by atoms with Crippen LogP contribution in [0, 0.1) is 11.8 Å². The molecule has 0 bridgehead atoms. The van der Waals surface area contributed by atoms with Crippen molar-refractivity contribution in [2.45, 2.75) is 0 Å². The molecule has 1 amide bonds. The van der Waals surface area contributed by atoms with Crippen molar-refractivity contribution < 1.29 is 14.7 Å². The molecule has 0 saturated carbocycles. The van der Waals surface area contributed by atoms with Gasteiger partial charge in [0, 0.05) is 5.92 Å². The molecule has 0 spiro atoms. The Bertz CT molecular complexity index is 443. The molecular formula is C9H6N2O3. The highest BCUT2D eigenvalue weighted by Crippen LogP contribution is 1.97. The standard InChI is InChI=1S/C9H6N2O3/c10-8(12)5-4-6-2-1-3-7(11-6)9(13)14/h1-3H,(H2,10,12)(H,13,14). The molecule has 70 valence electrons. The van der Waals surface area contributed by atoms with E-state index >= 15 is 0 Å². The van der Waals surface area contributed by atoms with Gasteiger partial charge in [-0.3, -0.25) is 4.79 Å². The van der Waals surface area contributed by atoms with Gasteiger partial charge in [-0.2, -0.15) is 0 Å². The zero-order valence-electron chi connectivity index (χ0n) is 7.02. The first-order chi connectivity index (χ1) is 6.59. The fourth-order valence-corrected chi connectivity index (χ4v) is 0.749. The van der Waals surface area contributed by atoms with E-state index in [0.717, 1.165) is 0 Å². The Morgan fingerprint density at radius 3 is 2.71 bits per heavy atom. The molecule has 1 heterocycles. The smallest absolute Gasteiger partial charge is 0.354 e. The average molecular weight is 190 g/mol. The Balaban J connectivity index is 3.02. The van der Waals surface area contributed by atoms with Crippen LogP contribution in [0.3, 0.4) is 0 Å². The molecule has 0 aromatic carbocycles. The van der Waals surface area contributed by atoms with Gasteiger partial charge in [-0.1, -0.05) is 6.07 Å². The third-order valence-corrected chi connectivity index (χ3v) is 1.28. The predicted octanol–water partition coefficient (Wildman–Crippen LogP) is -0.383. The van der Waals surface area contributed by atoms with Crippen molar-refractivity contribution in [3.63, 3.8) is 0 Å². The van der Waals surface area contributed by atoms with Gasteiger partial charge >= 0.3 is 5.97 Å². The maximum atomic E-state index is 10.5. The van der Waals surface area contributed by atoms with Crippen LogP contribution < -0.4 is 5.73 Å². The van der Waals surface area contributed by atoms with Crippen LogP contribution in [0.2, 0.25) is 0 Å². The monoisotopic (exact) mass is 190 g/mol. The topological polar surface area (TPSA) is 93.3 Å². The maximum Gasteiger partial charge on any atom is 0.354 e. The number of rotatable bonds is 1. The van der Waals surface area contributed by atoms with Crippen LogP contribution >= 0.6 is 0 Å². The zero-order valence-corrected chi connectivity index (χ0v) is 7.02. The molecule has 0 aliphatic carbocycles. The number of amides is 1.